The lowest BCUT2D eigenvalue weighted by Gasteiger charge is -1.96. The molecule has 19 heavy (non-hydrogen) atoms. The molecule has 0 unspecified atom stereocenters. The number of nitrogens with zero attached hydrogens (tertiary/aromatic N) is 2. The fraction of sp³-hybridized carbons (Fsp3) is 0.333. The maximum absolute atomic E-state index is 11.0. The lowest BCUT2D eigenvalue weighted by Crippen LogP contribution is -2.00. The number of carbonyl (C=O) groups excluding carboxylic acids is 1. The summed E-state index contributed by atoms with van der Waals surface area (Å²) in [6.45, 7) is 5.17. The molecule has 0 heterocycles. The van der Waals surface area contributed by atoms with Gasteiger partial charge in [-0.15, -0.1) is 0 Å². The Hall–Kier alpha value is -2.44. The smallest absolute Gasteiger partial charge is 0.330 e. The zero-order valence-corrected chi connectivity index (χ0v) is 10.9. The van der Waals surface area contributed by atoms with Gasteiger partial charge in [-0.3, -0.25) is 10.1 Å². The number of esters is 1. The average molecular weight is 268 g/mol. The number of ether oxygens (including phenoxy) is 2. The number of allylic oxidation sites excluding steroid dienone is 3. The van der Waals surface area contributed by atoms with Gasteiger partial charge < -0.3 is 9.47 Å². The van der Waals surface area contributed by atoms with Gasteiger partial charge in [0.05, 0.1) is 25.1 Å². The highest BCUT2D eigenvalue weighted by Crippen LogP contribution is 2.06. The zero-order chi connectivity index (χ0) is 14.7. The summed E-state index contributed by atoms with van der Waals surface area (Å²) in [5, 5.41) is 10.8. The molecule has 104 valence electrons. The molecule has 0 aliphatic carbocycles. The second kappa shape index (κ2) is 9.58. The van der Waals surface area contributed by atoms with Crippen LogP contribution >= 0.6 is 0 Å². The van der Waals surface area contributed by atoms with Crippen molar-refractivity contribution in [3.63, 3.8) is 0 Å². The summed E-state index contributed by atoms with van der Waals surface area (Å²) in [7, 11) is 1.38. The molecule has 0 aliphatic heterocycles. The molecule has 0 aromatic heterocycles. The highest BCUT2D eigenvalue weighted by Gasteiger charge is 2.07. The number of hydrogen-bond acceptors (Lipinski definition) is 6. The molecule has 0 atom stereocenters. The second-order valence-corrected chi connectivity index (χ2v) is 3.14. The Morgan fingerprint density at radius 3 is 2.63 bits per heavy atom. The first kappa shape index (κ1) is 16.6. The Morgan fingerprint density at radius 2 is 2.16 bits per heavy atom. The maximum atomic E-state index is 11.0. The quantitative estimate of drug-likeness (QED) is 0.127. The van der Waals surface area contributed by atoms with E-state index in [1.54, 1.807) is 6.92 Å². The van der Waals surface area contributed by atoms with E-state index in [-0.39, 0.29) is 24.6 Å². The van der Waals surface area contributed by atoms with E-state index in [0.29, 0.717) is 0 Å². The first-order valence-electron chi connectivity index (χ1n) is 5.44. The third kappa shape index (κ3) is 7.48. The van der Waals surface area contributed by atoms with Crippen LogP contribution in [0, 0.1) is 10.1 Å². The number of aliphatic imine (C=N–C) groups is 1. The van der Waals surface area contributed by atoms with Gasteiger partial charge in [0.2, 0.25) is 11.6 Å². The number of nitro groups is 1. The molecule has 0 saturated carbocycles. The summed E-state index contributed by atoms with van der Waals surface area (Å²) in [4.78, 5) is 24.7. The Labute approximate surface area is 111 Å². The summed E-state index contributed by atoms with van der Waals surface area (Å²) in [5.41, 5.74) is -0.112. The van der Waals surface area contributed by atoms with Gasteiger partial charge in [-0.05, 0) is 13.6 Å². The minimum atomic E-state index is -0.553. The van der Waals surface area contributed by atoms with Gasteiger partial charge >= 0.3 is 5.97 Å². The standard InChI is InChI=1S/C12H16N2O5/c1-4-19-12(15)7-5-6-10(14(16)17)8-9-11(13-2)18-3/h5,7-9H,2,4,6H2,1,3H3/b7-5-,10-8+,11-9+. The molecule has 7 heteroatoms. The molecule has 0 amide bonds. The molecule has 0 aromatic rings. The van der Waals surface area contributed by atoms with Crippen molar-refractivity contribution in [2.75, 3.05) is 13.7 Å². The van der Waals surface area contributed by atoms with Crippen LogP contribution < -0.4 is 0 Å². The van der Waals surface area contributed by atoms with Crippen molar-refractivity contribution in [3.05, 3.63) is 46.0 Å². The normalized spacial score (nSPS) is 12.3. The van der Waals surface area contributed by atoms with Crippen LogP contribution in [0.15, 0.2) is 40.9 Å². The van der Waals surface area contributed by atoms with Crippen LogP contribution in [0.3, 0.4) is 0 Å². The summed E-state index contributed by atoms with van der Waals surface area (Å²) in [6.07, 6.45) is 5.05. The molecule has 0 aromatic carbocycles. The van der Waals surface area contributed by atoms with Gasteiger partial charge in [0.1, 0.15) is 0 Å². The Bertz CT molecular complexity index is 424. The van der Waals surface area contributed by atoms with E-state index in [2.05, 4.69) is 16.4 Å². The van der Waals surface area contributed by atoms with Gasteiger partial charge in [0, 0.05) is 18.2 Å². The minimum absolute atomic E-state index is 0.0174. The number of carbonyl (C=O) groups is 1. The molecule has 0 N–H and O–H groups in total. The van der Waals surface area contributed by atoms with Gasteiger partial charge in [-0.2, -0.15) is 0 Å². The van der Waals surface area contributed by atoms with E-state index < -0.39 is 10.9 Å². The van der Waals surface area contributed by atoms with Crippen LogP contribution in [0.4, 0.5) is 0 Å². The van der Waals surface area contributed by atoms with E-state index in [1.165, 1.54) is 25.3 Å². The average Bonchev–Trinajstić information content (AvgIpc) is 2.37. The fourth-order valence-corrected chi connectivity index (χ4v) is 1.02. The van der Waals surface area contributed by atoms with Gasteiger partial charge in [0.15, 0.2) is 0 Å². The predicted octanol–water partition coefficient (Wildman–Crippen LogP) is 1.84. The Morgan fingerprint density at radius 1 is 1.47 bits per heavy atom. The molecular weight excluding hydrogens is 252 g/mol. The van der Waals surface area contributed by atoms with Gasteiger partial charge in [-0.25, -0.2) is 9.79 Å². The molecule has 0 bridgehead atoms. The summed E-state index contributed by atoms with van der Waals surface area (Å²) in [5.74, 6) is -0.375. The van der Waals surface area contributed by atoms with Crippen molar-refractivity contribution in [1.29, 1.82) is 0 Å². The highest BCUT2D eigenvalue weighted by atomic mass is 16.6. The Kier molecular flexibility index (Phi) is 8.35. The zero-order valence-electron chi connectivity index (χ0n) is 10.9. The van der Waals surface area contributed by atoms with Crippen molar-refractivity contribution in [3.8, 4) is 0 Å². The molecule has 0 aliphatic rings. The monoisotopic (exact) mass is 268 g/mol. The van der Waals surface area contributed by atoms with E-state index in [1.807, 2.05) is 0 Å². The maximum Gasteiger partial charge on any atom is 0.330 e. The number of rotatable bonds is 8. The minimum Gasteiger partial charge on any atom is -0.481 e. The van der Waals surface area contributed by atoms with Crippen molar-refractivity contribution >= 4 is 12.7 Å². The molecule has 0 fully saturated rings. The summed E-state index contributed by atoms with van der Waals surface area (Å²) in [6, 6.07) is 0. The lowest BCUT2D eigenvalue weighted by molar-refractivity contribution is -0.426. The molecule has 0 rings (SSSR count). The third-order valence-corrected chi connectivity index (χ3v) is 1.89. The van der Waals surface area contributed by atoms with Crippen LogP contribution in [0.1, 0.15) is 13.3 Å². The molecule has 0 saturated heterocycles. The van der Waals surface area contributed by atoms with Crippen LogP contribution in [-0.2, 0) is 14.3 Å². The predicted molar refractivity (Wildman–Crippen MR) is 70.1 cm³/mol. The van der Waals surface area contributed by atoms with Gasteiger partial charge in [-0.1, -0.05) is 6.08 Å². The van der Waals surface area contributed by atoms with E-state index in [9.17, 15) is 14.9 Å². The molecule has 0 radical (unpaired) electrons. The van der Waals surface area contributed by atoms with Crippen molar-refractivity contribution < 1.29 is 19.2 Å². The van der Waals surface area contributed by atoms with E-state index >= 15 is 0 Å². The van der Waals surface area contributed by atoms with E-state index in [4.69, 9.17) is 4.74 Å². The number of hydrogen-bond donors (Lipinski definition) is 0. The highest BCUT2D eigenvalue weighted by molar-refractivity contribution is 5.81. The van der Waals surface area contributed by atoms with Crippen LogP contribution in [-0.4, -0.2) is 31.3 Å². The summed E-state index contributed by atoms with van der Waals surface area (Å²) >= 11 is 0. The topological polar surface area (TPSA) is 91.0 Å². The first-order chi connectivity index (χ1) is 9.04. The lowest BCUT2D eigenvalue weighted by atomic mass is 10.2. The Balaban J connectivity index is 4.72. The number of methoxy groups -OCH3 is 1. The van der Waals surface area contributed by atoms with Crippen LogP contribution in [0.2, 0.25) is 0 Å². The SMILES string of the molecule is C=N/C(=C\C=C(/C/C=C\C(=O)OCC)[N+](=O)[O-])OC. The largest absolute Gasteiger partial charge is 0.481 e. The summed E-state index contributed by atoms with van der Waals surface area (Å²) < 4.78 is 9.42. The molecular formula is C12H16N2O5. The van der Waals surface area contributed by atoms with Crippen molar-refractivity contribution in [2.45, 2.75) is 13.3 Å². The van der Waals surface area contributed by atoms with Crippen molar-refractivity contribution in [2.24, 2.45) is 4.99 Å². The van der Waals surface area contributed by atoms with Crippen LogP contribution in [0.25, 0.3) is 0 Å². The molecule has 0 spiro atoms. The second-order valence-electron chi connectivity index (χ2n) is 3.14. The first-order valence-corrected chi connectivity index (χ1v) is 5.44. The van der Waals surface area contributed by atoms with Crippen LogP contribution in [0.5, 0.6) is 0 Å². The molecule has 7 nitrogen and oxygen atoms in total. The third-order valence-electron chi connectivity index (χ3n) is 1.89. The van der Waals surface area contributed by atoms with E-state index in [0.717, 1.165) is 6.08 Å². The fourth-order valence-electron chi connectivity index (χ4n) is 1.02. The van der Waals surface area contributed by atoms with Crippen molar-refractivity contribution in [1.82, 2.24) is 0 Å². The van der Waals surface area contributed by atoms with Gasteiger partial charge in [0.25, 0.3) is 0 Å².